The van der Waals surface area contributed by atoms with E-state index in [0.717, 1.165) is 30.7 Å². The van der Waals surface area contributed by atoms with Gasteiger partial charge in [-0.05, 0) is 25.0 Å². The van der Waals surface area contributed by atoms with Crippen molar-refractivity contribution in [3.8, 4) is 11.3 Å². The molecule has 1 aromatic heterocycles. The molecule has 2 aromatic rings. The number of nitrogens with one attached hydrogen (secondary N) is 1. The molecule has 2 aliphatic rings. The van der Waals surface area contributed by atoms with Crippen LogP contribution >= 0.6 is 22.9 Å². The molecule has 0 bridgehead atoms. The monoisotopic (exact) mass is 375 g/mol. The summed E-state index contributed by atoms with van der Waals surface area (Å²) in [7, 11) is 0. The molecule has 0 radical (unpaired) electrons. The highest BCUT2D eigenvalue weighted by Gasteiger charge is 2.32. The molecule has 2 N–H and O–H groups in total. The smallest absolute Gasteiger partial charge is 0.135 e. The fraction of sp³-hybridized carbons (Fsp3) is 0.333. The molecule has 3 heterocycles. The maximum absolute atomic E-state index is 10.4. The summed E-state index contributed by atoms with van der Waals surface area (Å²) in [4.78, 5) is 6.48. The first-order chi connectivity index (χ1) is 12.1. The van der Waals surface area contributed by atoms with Crippen LogP contribution in [-0.2, 0) is 4.74 Å². The van der Waals surface area contributed by atoms with E-state index in [9.17, 15) is 5.11 Å². The van der Waals surface area contributed by atoms with E-state index in [1.807, 2.05) is 34.5 Å². The van der Waals surface area contributed by atoms with Gasteiger partial charge in [-0.2, -0.15) is 0 Å². The highest BCUT2D eigenvalue weighted by atomic mass is 35.5. The normalized spacial score (nSPS) is 20.8. The van der Waals surface area contributed by atoms with E-state index in [1.165, 1.54) is 11.3 Å². The van der Waals surface area contributed by atoms with Crippen LogP contribution in [0, 0.1) is 5.41 Å². The molecule has 25 heavy (non-hydrogen) atoms. The summed E-state index contributed by atoms with van der Waals surface area (Å²) in [6.07, 6.45) is 2.22. The highest BCUT2D eigenvalue weighted by molar-refractivity contribution is 7.11. The van der Waals surface area contributed by atoms with E-state index in [2.05, 4.69) is 4.98 Å². The second-order valence-corrected chi connectivity index (χ2v) is 7.53. The third-order valence-electron chi connectivity index (χ3n) is 4.49. The first kappa shape index (κ1) is 16.6. The topological polar surface area (TPSA) is 69.4 Å². The Kier molecular flexibility index (Phi) is 4.50. The number of amidine groups is 1. The van der Waals surface area contributed by atoms with Crippen molar-refractivity contribution < 1.29 is 9.84 Å². The quantitative estimate of drug-likeness (QED) is 0.840. The molecule has 1 saturated heterocycles. The number of aliphatic hydroxyl groups is 1. The van der Waals surface area contributed by atoms with Crippen molar-refractivity contribution in [3.63, 3.8) is 0 Å². The van der Waals surface area contributed by atoms with Crippen molar-refractivity contribution in [2.75, 3.05) is 19.7 Å². The van der Waals surface area contributed by atoms with Crippen LogP contribution in [0.15, 0.2) is 35.4 Å². The molecule has 0 aliphatic carbocycles. The van der Waals surface area contributed by atoms with E-state index in [1.54, 1.807) is 0 Å². The number of benzene rings is 1. The van der Waals surface area contributed by atoms with Gasteiger partial charge in [-0.3, -0.25) is 5.41 Å². The molecule has 4 rings (SSSR count). The zero-order valence-electron chi connectivity index (χ0n) is 13.5. The summed E-state index contributed by atoms with van der Waals surface area (Å²) < 4.78 is 5.65. The van der Waals surface area contributed by atoms with Crippen molar-refractivity contribution in [1.82, 2.24) is 9.88 Å². The van der Waals surface area contributed by atoms with Crippen LogP contribution in [0.1, 0.15) is 17.8 Å². The third kappa shape index (κ3) is 3.29. The number of aromatic nitrogens is 1. The van der Waals surface area contributed by atoms with Crippen molar-refractivity contribution in [3.05, 3.63) is 45.4 Å². The number of ether oxygens (including phenoxy) is 1. The van der Waals surface area contributed by atoms with Gasteiger partial charge in [-0.25, -0.2) is 4.98 Å². The molecule has 7 heteroatoms. The summed E-state index contributed by atoms with van der Waals surface area (Å²) in [5, 5.41) is 22.1. The van der Waals surface area contributed by atoms with Crippen molar-refractivity contribution in [2.45, 2.75) is 18.9 Å². The third-order valence-corrected chi connectivity index (χ3v) is 5.60. The number of rotatable bonds is 4. The van der Waals surface area contributed by atoms with Crippen molar-refractivity contribution in [1.29, 1.82) is 5.41 Å². The van der Waals surface area contributed by atoms with Gasteiger partial charge in [0.05, 0.1) is 23.9 Å². The van der Waals surface area contributed by atoms with Gasteiger partial charge in [0, 0.05) is 29.1 Å². The molecular formula is C18H18ClN3O2S. The van der Waals surface area contributed by atoms with Gasteiger partial charge in [0.15, 0.2) is 0 Å². The number of hydrogen-bond acceptors (Lipinski definition) is 5. The van der Waals surface area contributed by atoms with Gasteiger partial charge in [0.2, 0.25) is 0 Å². The van der Waals surface area contributed by atoms with Gasteiger partial charge >= 0.3 is 0 Å². The summed E-state index contributed by atoms with van der Waals surface area (Å²) in [5.74, 6) is 0.532. The van der Waals surface area contributed by atoms with E-state index in [0.29, 0.717) is 34.5 Å². The molecule has 0 unspecified atom stereocenters. The Hall–Kier alpha value is -1.89. The number of hydrogen-bond donors (Lipinski definition) is 2. The Balaban J connectivity index is 1.54. The van der Waals surface area contributed by atoms with E-state index in [-0.39, 0.29) is 11.9 Å². The van der Waals surface area contributed by atoms with E-state index in [4.69, 9.17) is 21.7 Å². The lowest BCUT2D eigenvalue weighted by Gasteiger charge is -2.21. The van der Waals surface area contributed by atoms with Gasteiger partial charge < -0.3 is 14.7 Å². The first-order valence-corrected chi connectivity index (χ1v) is 9.47. The molecule has 0 spiro atoms. The van der Waals surface area contributed by atoms with E-state index >= 15 is 0 Å². The van der Waals surface area contributed by atoms with Crippen LogP contribution in [0.4, 0.5) is 0 Å². The van der Waals surface area contributed by atoms with Crippen LogP contribution in [0.25, 0.3) is 16.8 Å². The van der Waals surface area contributed by atoms with Crippen LogP contribution in [0.2, 0.25) is 5.02 Å². The SMILES string of the molecule is N=C1C(c2nc(-c3ccc(Cl)cc3)cs2)=C(O)CN1C[C@@H]1CCCO1. The van der Waals surface area contributed by atoms with E-state index < -0.39 is 0 Å². The molecule has 1 atom stereocenters. The lowest BCUT2D eigenvalue weighted by molar-refractivity contribution is 0.0924. The molecule has 1 fully saturated rings. The Morgan fingerprint density at radius 2 is 2.16 bits per heavy atom. The minimum absolute atomic E-state index is 0.147. The molecule has 1 aromatic carbocycles. The summed E-state index contributed by atoms with van der Waals surface area (Å²) in [6, 6.07) is 7.49. The number of aliphatic hydroxyl groups excluding tert-OH is 1. The molecule has 0 saturated carbocycles. The second kappa shape index (κ2) is 6.78. The van der Waals surface area contributed by atoms with Crippen molar-refractivity contribution in [2.24, 2.45) is 0 Å². The molecule has 5 nitrogen and oxygen atoms in total. The minimum Gasteiger partial charge on any atom is -0.510 e. The summed E-state index contributed by atoms with van der Waals surface area (Å²) in [5.41, 5.74) is 2.32. The Morgan fingerprint density at radius 3 is 2.88 bits per heavy atom. The number of thiazole rings is 1. The van der Waals surface area contributed by atoms with Crippen LogP contribution < -0.4 is 0 Å². The first-order valence-electron chi connectivity index (χ1n) is 8.21. The van der Waals surface area contributed by atoms with Crippen LogP contribution in [0.5, 0.6) is 0 Å². The average molecular weight is 376 g/mol. The molecule has 2 aliphatic heterocycles. The maximum atomic E-state index is 10.4. The predicted octanol–water partition coefficient (Wildman–Crippen LogP) is 4.20. The molecular weight excluding hydrogens is 358 g/mol. The fourth-order valence-corrected chi connectivity index (χ4v) is 4.21. The van der Waals surface area contributed by atoms with Gasteiger partial charge in [0.1, 0.15) is 16.6 Å². The zero-order chi connectivity index (χ0) is 17.4. The van der Waals surface area contributed by atoms with Gasteiger partial charge in [-0.15, -0.1) is 11.3 Å². The predicted molar refractivity (Wildman–Crippen MR) is 100 cm³/mol. The lowest BCUT2D eigenvalue weighted by atomic mass is 10.2. The zero-order valence-corrected chi connectivity index (χ0v) is 15.1. The molecule has 130 valence electrons. The van der Waals surface area contributed by atoms with Crippen molar-refractivity contribution >= 4 is 34.3 Å². The van der Waals surface area contributed by atoms with Crippen LogP contribution in [0.3, 0.4) is 0 Å². The Bertz CT molecular complexity index is 825. The number of nitrogens with zero attached hydrogens (tertiary/aromatic N) is 2. The summed E-state index contributed by atoms with van der Waals surface area (Å²) in [6.45, 7) is 1.78. The lowest BCUT2D eigenvalue weighted by Crippen LogP contribution is -2.34. The van der Waals surface area contributed by atoms with Gasteiger partial charge in [-0.1, -0.05) is 23.7 Å². The summed E-state index contributed by atoms with van der Waals surface area (Å²) >= 11 is 7.37. The minimum atomic E-state index is 0.147. The standard InChI is InChI=1S/C18H18ClN3O2S/c19-12-5-3-11(4-6-12)14-10-25-18(21-14)16-15(23)9-22(17(16)20)8-13-2-1-7-24-13/h3-6,10,13,20,23H,1-2,7-9H2/t13-/m0/s1. The molecule has 0 amide bonds. The second-order valence-electron chi connectivity index (χ2n) is 6.23. The average Bonchev–Trinajstić information content (AvgIpc) is 3.31. The van der Waals surface area contributed by atoms with Gasteiger partial charge in [0.25, 0.3) is 0 Å². The highest BCUT2D eigenvalue weighted by Crippen LogP contribution is 2.33. The maximum Gasteiger partial charge on any atom is 0.135 e. The Morgan fingerprint density at radius 1 is 1.36 bits per heavy atom. The van der Waals surface area contributed by atoms with Crippen LogP contribution in [-0.4, -0.2) is 46.6 Å². The number of halogens is 1. The Labute approximate surface area is 155 Å². The largest absolute Gasteiger partial charge is 0.510 e. The fourth-order valence-electron chi connectivity index (χ4n) is 3.19.